The summed E-state index contributed by atoms with van der Waals surface area (Å²) in [6, 6.07) is 11.3. The number of benzene rings is 2. The highest BCUT2D eigenvalue weighted by Crippen LogP contribution is 2.32. The number of carbonyl (C=O) groups excluding carboxylic acids is 2. The van der Waals surface area contributed by atoms with Crippen LogP contribution in [0.1, 0.15) is 44.4 Å². The Morgan fingerprint density at radius 2 is 1.86 bits per heavy atom. The summed E-state index contributed by atoms with van der Waals surface area (Å²) in [7, 11) is 1.54. The molecule has 0 aliphatic heterocycles. The maximum absolute atomic E-state index is 12.7. The van der Waals surface area contributed by atoms with E-state index in [1.54, 1.807) is 31.4 Å². The van der Waals surface area contributed by atoms with Gasteiger partial charge < -0.3 is 21.1 Å². The second-order valence-corrected chi connectivity index (χ2v) is 7.91. The molecule has 1 atom stereocenters. The van der Waals surface area contributed by atoms with Gasteiger partial charge in [0.25, 0.3) is 0 Å². The van der Waals surface area contributed by atoms with Crippen molar-refractivity contribution in [3.05, 3.63) is 58.6 Å². The number of halogens is 1. The van der Waals surface area contributed by atoms with E-state index in [2.05, 4.69) is 31.4 Å². The second kappa shape index (κ2) is 8.97. The van der Waals surface area contributed by atoms with Crippen LogP contribution in [-0.4, -0.2) is 19.0 Å². The highest BCUT2D eigenvalue weighted by molar-refractivity contribution is 6.31. The van der Waals surface area contributed by atoms with Crippen molar-refractivity contribution < 1.29 is 14.3 Å². The predicted molar refractivity (Wildman–Crippen MR) is 112 cm³/mol. The van der Waals surface area contributed by atoms with Gasteiger partial charge in [0, 0.05) is 5.02 Å². The molecule has 2 rings (SSSR count). The Kier molecular flexibility index (Phi) is 6.91. The van der Waals surface area contributed by atoms with Crippen LogP contribution in [-0.2, 0) is 10.2 Å². The van der Waals surface area contributed by atoms with Crippen molar-refractivity contribution >= 4 is 29.2 Å². The van der Waals surface area contributed by atoms with Crippen LogP contribution in [0.2, 0.25) is 5.02 Å². The van der Waals surface area contributed by atoms with E-state index in [1.165, 1.54) is 0 Å². The fraction of sp³-hybridized carbons (Fsp3) is 0.333. The molecule has 150 valence electrons. The largest absolute Gasteiger partial charge is 0.495 e. The molecule has 0 aliphatic carbocycles. The Morgan fingerprint density at radius 3 is 2.43 bits per heavy atom. The van der Waals surface area contributed by atoms with Crippen LogP contribution in [0, 0.1) is 0 Å². The third kappa shape index (κ3) is 5.63. The van der Waals surface area contributed by atoms with Crippen molar-refractivity contribution in [3.8, 4) is 5.75 Å². The molecule has 0 saturated carbocycles. The van der Waals surface area contributed by atoms with Crippen LogP contribution >= 0.6 is 11.6 Å². The molecule has 6 nitrogen and oxygen atoms in total. The SMILES string of the molecule is COc1ccc(C(C)(C)C)cc1NC(=O)CC(NC(N)=O)c1ccccc1Cl. The first-order valence-corrected chi connectivity index (χ1v) is 9.28. The number of carbonyl (C=O) groups is 2. The van der Waals surface area contributed by atoms with Gasteiger partial charge in [0.2, 0.25) is 5.91 Å². The molecule has 0 radical (unpaired) electrons. The van der Waals surface area contributed by atoms with E-state index in [1.807, 2.05) is 18.2 Å². The van der Waals surface area contributed by atoms with Crippen molar-refractivity contribution in [1.29, 1.82) is 0 Å². The Balaban J connectivity index is 2.25. The number of amides is 3. The van der Waals surface area contributed by atoms with Crippen LogP contribution in [0.5, 0.6) is 5.75 Å². The molecule has 3 amide bonds. The molecule has 0 bridgehead atoms. The van der Waals surface area contributed by atoms with E-state index in [4.69, 9.17) is 22.1 Å². The van der Waals surface area contributed by atoms with Gasteiger partial charge in [-0.3, -0.25) is 4.79 Å². The van der Waals surface area contributed by atoms with E-state index in [-0.39, 0.29) is 17.7 Å². The summed E-state index contributed by atoms with van der Waals surface area (Å²) in [6.07, 6.45) is -0.0322. The molecule has 0 fully saturated rings. The molecule has 0 heterocycles. The zero-order valence-electron chi connectivity index (χ0n) is 16.5. The van der Waals surface area contributed by atoms with Crippen molar-refractivity contribution in [1.82, 2.24) is 5.32 Å². The Bertz CT molecular complexity index is 862. The minimum atomic E-state index is -0.731. The maximum atomic E-state index is 12.7. The summed E-state index contributed by atoms with van der Waals surface area (Å²) in [5.74, 6) is 0.251. The number of nitrogens with one attached hydrogen (secondary N) is 2. The second-order valence-electron chi connectivity index (χ2n) is 7.50. The van der Waals surface area contributed by atoms with Crippen LogP contribution < -0.4 is 21.1 Å². The molecule has 2 aromatic rings. The number of hydrogen-bond donors (Lipinski definition) is 3. The lowest BCUT2D eigenvalue weighted by Gasteiger charge is -2.22. The molecule has 0 aromatic heterocycles. The van der Waals surface area contributed by atoms with Gasteiger partial charge in [0.15, 0.2) is 0 Å². The predicted octanol–water partition coefficient (Wildman–Crippen LogP) is 4.38. The molecule has 7 heteroatoms. The quantitative estimate of drug-likeness (QED) is 0.667. The number of urea groups is 1. The van der Waals surface area contributed by atoms with Crippen LogP contribution in [0.15, 0.2) is 42.5 Å². The molecule has 0 saturated heterocycles. The van der Waals surface area contributed by atoms with Crippen molar-refractivity contribution in [3.63, 3.8) is 0 Å². The third-order valence-corrected chi connectivity index (χ3v) is 4.67. The summed E-state index contributed by atoms with van der Waals surface area (Å²) in [4.78, 5) is 24.1. The third-order valence-electron chi connectivity index (χ3n) is 4.33. The van der Waals surface area contributed by atoms with Gasteiger partial charge in [-0.25, -0.2) is 4.79 Å². The van der Waals surface area contributed by atoms with Gasteiger partial charge in [0.1, 0.15) is 5.75 Å². The minimum absolute atomic E-state index is 0.0322. The normalized spacial score (nSPS) is 12.2. The molecule has 28 heavy (non-hydrogen) atoms. The summed E-state index contributed by atoms with van der Waals surface area (Å²) >= 11 is 6.22. The lowest BCUT2D eigenvalue weighted by atomic mass is 9.87. The van der Waals surface area contributed by atoms with Crippen molar-refractivity contribution in [2.45, 2.75) is 38.6 Å². The average Bonchev–Trinajstić information content (AvgIpc) is 2.60. The highest BCUT2D eigenvalue weighted by Gasteiger charge is 2.21. The monoisotopic (exact) mass is 403 g/mol. The molecule has 0 spiro atoms. The van der Waals surface area contributed by atoms with Gasteiger partial charge >= 0.3 is 6.03 Å². The number of nitrogens with two attached hydrogens (primary N) is 1. The Morgan fingerprint density at radius 1 is 1.18 bits per heavy atom. The number of anilines is 1. The molecule has 4 N–H and O–H groups in total. The summed E-state index contributed by atoms with van der Waals surface area (Å²) in [6.45, 7) is 6.26. The summed E-state index contributed by atoms with van der Waals surface area (Å²) in [5, 5.41) is 5.89. The summed E-state index contributed by atoms with van der Waals surface area (Å²) in [5.41, 5.74) is 7.44. The number of methoxy groups -OCH3 is 1. The van der Waals surface area contributed by atoms with Gasteiger partial charge in [-0.05, 0) is 34.7 Å². The summed E-state index contributed by atoms with van der Waals surface area (Å²) < 4.78 is 5.36. The smallest absolute Gasteiger partial charge is 0.312 e. The molecular formula is C21H26ClN3O3. The topological polar surface area (TPSA) is 93.4 Å². The zero-order valence-corrected chi connectivity index (χ0v) is 17.3. The lowest BCUT2D eigenvalue weighted by molar-refractivity contribution is -0.116. The number of ether oxygens (including phenoxy) is 1. The Hall–Kier alpha value is -2.73. The van der Waals surface area contributed by atoms with E-state index >= 15 is 0 Å². The molecule has 0 aliphatic rings. The fourth-order valence-electron chi connectivity index (χ4n) is 2.83. The fourth-order valence-corrected chi connectivity index (χ4v) is 3.09. The Labute approximate surface area is 170 Å². The van der Waals surface area contributed by atoms with E-state index in [9.17, 15) is 9.59 Å². The first-order chi connectivity index (χ1) is 13.1. The van der Waals surface area contributed by atoms with Crippen LogP contribution in [0.4, 0.5) is 10.5 Å². The van der Waals surface area contributed by atoms with Crippen molar-refractivity contribution in [2.24, 2.45) is 5.73 Å². The lowest BCUT2D eigenvalue weighted by Crippen LogP contribution is -2.35. The molecule has 2 aromatic carbocycles. The van der Waals surface area contributed by atoms with Gasteiger partial charge in [-0.2, -0.15) is 0 Å². The van der Waals surface area contributed by atoms with E-state index in [0.29, 0.717) is 22.0 Å². The minimum Gasteiger partial charge on any atom is -0.495 e. The molecule has 1 unspecified atom stereocenters. The van der Waals surface area contributed by atoms with E-state index < -0.39 is 12.1 Å². The average molecular weight is 404 g/mol. The van der Waals surface area contributed by atoms with Crippen LogP contribution in [0.25, 0.3) is 0 Å². The highest BCUT2D eigenvalue weighted by atomic mass is 35.5. The van der Waals surface area contributed by atoms with Gasteiger partial charge in [-0.15, -0.1) is 0 Å². The van der Waals surface area contributed by atoms with E-state index in [0.717, 1.165) is 5.56 Å². The van der Waals surface area contributed by atoms with Crippen LogP contribution in [0.3, 0.4) is 0 Å². The standard InChI is InChI=1S/C21H26ClN3O3/c1-21(2,3)13-9-10-18(28-4)17(11-13)24-19(26)12-16(25-20(23)27)14-7-5-6-8-15(14)22/h5-11,16H,12H2,1-4H3,(H,24,26)(H3,23,25,27). The molecular weight excluding hydrogens is 378 g/mol. The number of rotatable bonds is 6. The maximum Gasteiger partial charge on any atom is 0.312 e. The first kappa shape index (κ1) is 21.6. The first-order valence-electron chi connectivity index (χ1n) is 8.90. The van der Waals surface area contributed by atoms with Gasteiger partial charge in [-0.1, -0.05) is 56.6 Å². The number of hydrogen-bond acceptors (Lipinski definition) is 3. The number of primary amides is 1. The zero-order chi connectivity index (χ0) is 20.9. The van der Waals surface area contributed by atoms with Gasteiger partial charge in [0.05, 0.1) is 25.3 Å². The van der Waals surface area contributed by atoms with Crippen molar-refractivity contribution in [2.75, 3.05) is 12.4 Å².